The summed E-state index contributed by atoms with van der Waals surface area (Å²) < 4.78 is 5.16. The number of aromatic nitrogens is 1. The number of carbonyl (C=O) groups is 1. The largest absolute Gasteiger partial charge is 0.462 e. The number of aryl methyl sites for hydroxylation is 1. The van der Waals surface area contributed by atoms with Crippen molar-refractivity contribution in [1.29, 1.82) is 0 Å². The van der Waals surface area contributed by atoms with Crippen molar-refractivity contribution < 1.29 is 9.21 Å². The first-order chi connectivity index (χ1) is 6.68. The van der Waals surface area contributed by atoms with Crippen LogP contribution in [-0.4, -0.2) is 10.9 Å². The molecule has 2 heterocycles. The Kier molecular flexibility index (Phi) is 2.09. The SMILES string of the molecule is Cc1sc(-c2ccco2)nc1C(N)=O. The van der Waals surface area contributed by atoms with E-state index in [4.69, 9.17) is 10.2 Å². The molecule has 4 nitrogen and oxygen atoms in total. The van der Waals surface area contributed by atoms with E-state index in [1.807, 2.05) is 6.92 Å². The van der Waals surface area contributed by atoms with Crippen LogP contribution in [-0.2, 0) is 0 Å². The quantitative estimate of drug-likeness (QED) is 0.818. The van der Waals surface area contributed by atoms with Gasteiger partial charge in [0.05, 0.1) is 6.26 Å². The normalized spacial score (nSPS) is 10.4. The van der Waals surface area contributed by atoms with Crippen molar-refractivity contribution in [3.8, 4) is 10.8 Å². The summed E-state index contributed by atoms with van der Waals surface area (Å²) in [6.07, 6.45) is 1.57. The molecule has 2 N–H and O–H groups in total. The fourth-order valence-electron chi connectivity index (χ4n) is 1.13. The predicted molar refractivity (Wildman–Crippen MR) is 53.1 cm³/mol. The molecule has 0 aliphatic heterocycles. The Bertz CT molecular complexity index is 459. The number of nitrogens with zero attached hydrogens (tertiary/aromatic N) is 1. The highest BCUT2D eigenvalue weighted by Crippen LogP contribution is 2.27. The number of rotatable bonds is 2. The Balaban J connectivity index is 2.48. The second-order valence-corrected chi connectivity index (χ2v) is 3.97. The molecule has 0 fully saturated rings. The summed E-state index contributed by atoms with van der Waals surface area (Å²) in [5.74, 6) is 0.155. The van der Waals surface area contributed by atoms with Gasteiger partial charge >= 0.3 is 0 Å². The smallest absolute Gasteiger partial charge is 0.268 e. The molecule has 0 aliphatic carbocycles. The molecule has 14 heavy (non-hydrogen) atoms. The van der Waals surface area contributed by atoms with Crippen molar-refractivity contribution in [3.05, 3.63) is 29.0 Å². The van der Waals surface area contributed by atoms with Gasteiger partial charge < -0.3 is 10.2 Å². The van der Waals surface area contributed by atoms with Crippen LogP contribution < -0.4 is 5.73 Å². The fourth-order valence-corrected chi connectivity index (χ4v) is 2.02. The molecule has 2 rings (SSSR count). The molecule has 0 spiro atoms. The van der Waals surface area contributed by atoms with Crippen LogP contribution in [0, 0.1) is 6.92 Å². The van der Waals surface area contributed by atoms with Gasteiger partial charge in [-0.25, -0.2) is 4.98 Å². The molecule has 0 unspecified atom stereocenters. The minimum absolute atomic E-state index is 0.321. The van der Waals surface area contributed by atoms with Crippen molar-refractivity contribution in [1.82, 2.24) is 4.98 Å². The van der Waals surface area contributed by atoms with Crippen LogP contribution in [0.5, 0.6) is 0 Å². The van der Waals surface area contributed by atoms with E-state index in [9.17, 15) is 4.79 Å². The highest BCUT2D eigenvalue weighted by molar-refractivity contribution is 7.15. The number of furan rings is 1. The van der Waals surface area contributed by atoms with Gasteiger partial charge in [0, 0.05) is 4.88 Å². The fraction of sp³-hybridized carbons (Fsp3) is 0.111. The first-order valence-electron chi connectivity index (χ1n) is 3.99. The Hall–Kier alpha value is -1.62. The molecule has 72 valence electrons. The molecule has 0 aliphatic rings. The lowest BCUT2D eigenvalue weighted by Gasteiger charge is -1.87. The molecule has 0 bridgehead atoms. The van der Waals surface area contributed by atoms with E-state index in [1.165, 1.54) is 11.3 Å². The molecular weight excluding hydrogens is 200 g/mol. The molecule has 1 amide bonds. The van der Waals surface area contributed by atoms with E-state index >= 15 is 0 Å². The van der Waals surface area contributed by atoms with Crippen LogP contribution in [0.3, 0.4) is 0 Å². The zero-order chi connectivity index (χ0) is 10.1. The van der Waals surface area contributed by atoms with Gasteiger partial charge in [0.1, 0.15) is 5.69 Å². The number of hydrogen-bond donors (Lipinski definition) is 1. The minimum atomic E-state index is -0.503. The summed E-state index contributed by atoms with van der Waals surface area (Å²) >= 11 is 1.39. The maximum atomic E-state index is 10.9. The van der Waals surface area contributed by atoms with Crippen LogP contribution in [0.2, 0.25) is 0 Å². The Labute approximate surface area is 84.4 Å². The van der Waals surface area contributed by atoms with E-state index in [-0.39, 0.29) is 0 Å². The lowest BCUT2D eigenvalue weighted by Crippen LogP contribution is -2.12. The van der Waals surface area contributed by atoms with Crippen LogP contribution in [0.1, 0.15) is 15.4 Å². The number of hydrogen-bond acceptors (Lipinski definition) is 4. The molecule has 0 atom stereocenters. The van der Waals surface area contributed by atoms with E-state index in [0.717, 1.165) is 4.88 Å². The van der Waals surface area contributed by atoms with E-state index < -0.39 is 5.91 Å². The van der Waals surface area contributed by atoms with E-state index in [1.54, 1.807) is 18.4 Å². The number of carbonyl (C=O) groups excluding carboxylic acids is 1. The van der Waals surface area contributed by atoms with Gasteiger partial charge in [-0.3, -0.25) is 4.79 Å². The lowest BCUT2D eigenvalue weighted by atomic mass is 10.4. The highest BCUT2D eigenvalue weighted by Gasteiger charge is 2.14. The number of amides is 1. The first-order valence-corrected chi connectivity index (χ1v) is 4.81. The van der Waals surface area contributed by atoms with Crippen molar-refractivity contribution in [3.63, 3.8) is 0 Å². The monoisotopic (exact) mass is 208 g/mol. The third-order valence-corrected chi connectivity index (χ3v) is 2.75. The van der Waals surface area contributed by atoms with Crippen LogP contribution >= 0.6 is 11.3 Å². The number of thiazole rings is 1. The predicted octanol–water partition coefficient (Wildman–Crippen LogP) is 1.81. The van der Waals surface area contributed by atoms with Crippen molar-refractivity contribution >= 4 is 17.2 Å². The molecule has 0 saturated carbocycles. The van der Waals surface area contributed by atoms with Gasteiger partial charge in [-0.15, -0.1) is 11.3 Å². The second kappa shape index (κ2) is 3.26. The number of primary amides is 1. The van der Waals surface area contributed by atoms with Crippen molar-refractivity contribution in [2.75, 3.05) is 0 Å². The molecular formula is C9H8N2O2S. The summed E-state index contributed by atoms with van der Waals surface area (Å²) in [5, 5.41) is 0.682. The minimum Gasteiger partial charge on any atom is -0.462 e. The Morgan fingerprint density at radius 1 is 1.64 bits per heavy atom. The summed E-state index contributed by atoms with van der Waals surface area (Å²) in [4.78, 5) is 15.9. The van der Waals surface area contributed by atoms with Crippen molar-refractivity contribution in [2.24, 2.45) is 5.73 Å². The van der Waals surface area contributed by atoms with E-state index in [0.29, 0.717) is 16.5 Å². The van der Waals surface area contributed by atoms with Crippen LogP contribution in [0.15, 0.2) is 22.8 Å². The van der Waals surface area contributed by atoms with Gasteiger partial charge in [0.25, 0.3) is 5.91 Å². The van der Waals surface area contributed by atoms with Crippen molar-refractivity contribution in [2.45, 2.75) is 6.92 Å². The van der Waals surface area contributed by atoms with Crippen LogP contribution in [0.4, 0.5) is 0 Å². The standard InChI is InChI=1S/C9H8N2O2S/c1-5-7(8(10)12)11-9(14-5)6-3-2-4-13-6/h2-4H,1H3,(H2,10,12). The van der Waals surface area contributed by atoms with Gasteiger partial charge in [0.15, 0.2) is 10.8 Å². The lowest BCUT2D eigenvalue weighted by molar-refractivity contribution is 0.0996. The summed E-state index contributed by atoms with van der Waals surface area (Å²) in [6, 6.07) is 3.57. The molecule has 2 aromatic rings. The van der Waals surface area contributed by atoms with Gasteiger partial charge in [0.2, 0.25) is 0 Å². The Morgan fingerprint density at radius 2 is 2.43 bits per heavy atom. The zero-order valence-corrected chi connectivity index (χ0v) is 8.30. The summed E-state index contributed by atoms with van der Waals surface area (Å²) in [7, 11) is 0. The summed E-state index contributed by atoms with van der Waals surface area (Å²) in [6.45, 7) is 1.81. The molecule has 0 aromatic carbocycles. The molecule has 5 heteroatoms. The Morgan fingerprint density at radius 3 is 2.93 bits per heavy atom. The molecule has 2 aromatic heterocycles. The molecule has 0 saturated heterocycles. The number of nitrogens with two attached hydrogens (primary N) is 1. The summed E-state index contributed by atoms with van der Waals surface area (Å²) in [5.41, 5.74) is 5.48. The second-order valence-electron chi connectivity index (χ2n) is 2.77. The van der Waals surface area contributed by atoms with Crippen LogP contribution in [0.25, 0.3) is 10.8 Å². The average Bonchev–Trinajstić information content (AvgIpc) is 2.70. The third kappa shape index (κ3) is 1.42. The highest BCUT2D eigenvalue weighted by atomic mass is 32.1. The maximum absolute atomic E-state index is 10.9. The van der Waals surface area contributed by atoms with Gasteiger partial charge in [-0.1, -0.05) is 0 Å². The average molecular weight is 208 g/mol. The van der Waals surface area contributed by atoms with Gasteiger partial charge in [-0.05, 0) is 19.1 Å². The third-order valence-electron chi connectivity index (χ3n) is 1.76. The topological polar surface area (TPSA) is 69.1 Å². The van der Waals surface area contributed by atoms with E-state index in [2.05, 4.69) is 4.98 Å². The van der Waals surface area contributed by atoms with Gasteiger partial charge in [-0.2, -0.15) is 0 Å². The molecule has 0 radical (unpaired) electrons. The zero-order valence-electron chi connectivity index (χ0n) is 7.48. The maximum Gasteiger partial charge on any atom is 0.268 e. The first kappa shape index (κ1) is 8.96.